The Hall–Kier alpha value is -6.14. The Morgan fingerprint density at radius 3 is 1.00 bits per heavy atom. The van der Waals surface area contributed by atoms with Crippen molar-refractivity contribution in [2.75, 3.05) is 0 Å². The smallest absolute Gasteiger partial charge is 0.227 e. The van der Waals surface area contributed by atoms with E-state index in [4.69, 9.17) is 0 Å². The molecule has 1 aromatic heterocycles. The molecule has 0 radical (unpaired) electrons. The monoisotopic (exact) mass is 924 g/mol. The Balaban J connectivity index is 0.000000355. The Morgan fingerprint density at radius 2 is 0.726 bits per heavy atom. The molecule has 0 aliphatic carbocycles. The topological polar surface area (TPSA) is 33.8 Å². The average Bonchev–Trinajstić information content (AvgIpc) is 3.26. The molecule has 62 heavy (non-hydrogen) atoms. The first-order valence-corrected chi connectivity index (χ1v) is 16.9. The number of hydrogen-bond acceptors (Lipinski definition) is 3. The summed E-state index contributed by atoms with van der Waals surface area (Å²) in [5.74, 6) is -70.7. The third-order valence-corrected chi connectivity index (χ3v) is 9.43. The zero-order valence-corrected chi connectivity index (χ0v) is 30.3. The number of carbonyl (C=O) groups is 1. The predicted octanol–water partition coefficient (Wildman–Crippen LogP) is 7.53. The van der Waals surface area contributed by atoms with E-state index in [1.54, 1.807) is 12.4 Å². The van der Waals surface area contributed by atoms with Crippen molar-refractivity contribution in [2.45, 2.75) is 12.3 Å². The van der Waals surface area contributed by atoms with Gasteiger partial charge in [-0.1, -0.05) is 30.3 Å². The fourth-order valence-electron chi connectivity index (χ4n) is 6.42. The maximum absolute atomic E-state index is 15.4. The minimum atomic E-state index is -7.22. The molecule has 0 aliphatic rings. The Kier molecular flexibility index (Phi) is 13.4. The molecule has 0 saturated heterocycles. The summed E-state index contributed by atoms with van der Waals surface area (Å²) >= 11 is 4.16. The Labute approximate surface area is 337 Å². The van der Waals surface area contributed by atoms with E-state index in [0.717, 1.165) is 11.3 Å². The molecule has 0 bridgehead atoms. The van der Waals surface area contributed by atoms with Crippen molar-refractivity contribution in [3.63, 3.8) is 0 Å². The van der Waals surface area contributed by atoms with E-state index >= 15 is 35.1 Å². The number of carbonyl (C=O) groups excluding carboxylic acids is 1. The van der Waals surface area contributed by atoms with E-state index < -0.39 is 144 Å². The first-order valence-electron chi connectivity index (χ1n) is 16.3. The van der Waals surface area contributed by atoms with Crippen LogP contribution in [0.2, 0.25) is 0 Å². The Morgan fingerprint density at radius 1 is 0.452 bits per heavy atom. The van der Waals surface area contributed by atoms with Crippen LogP contribution in [0.5, 0.6) is 0 Å². The number of halogens is 20. The van der Waals surface area contributed by atoms with Crippen molar-refractivity contribution < 1.29 is 97.2 Å². The van der Waals surface area contributed by atoms with Gasteiger partial charge in [0.05, 0.1) is 6.20 Å². The van der Waals surface area contributed by atoms with E-state index in [1.807, 2.05) is 41.1 Å². The lowest BCUT2D eigenvalue weighted by Gasteiger charge is -2.44. The lowest BCUT2D eigenvalue weighted by atomic mass is 9.12. The molecule has 0 N–H and O–H groups in total. The van der Waals surface area contributed by atoms with Crippen molar-refractivity contribution in [2.24, 2.45) is 0 Å². The number of aromatic nitrogens is 2. The highest BCUT2D eigenvalue weighted by atomic mass is 32.1. The molecule has 6 rings (SSSR count). The second-order valence-corrected chi connectivity index (χ2v) is 12.8. The van der Waals surface area contributed by atoms with Crippen LogP contribution in [0.1, 0.15) is 16.1 Å². The lowest BCUT2D eigenvalue weighted by Crippen LogP contribution is -2.81. The molecule has 0 spiro atoms. The second-order valence-electron chi connectivity index (χ2n) is 12.5. The molecular weight excluding hydrogens is 911 g/mol. The summed E-state index contributed by atoms with van der Waals surface area (Å²) in [7, 11) is 0. The second kappa shape index (κ2) is 17.7. The molecule has 0 unspecified atom stereocenters. The zero-order valence-electron chi connectivity index (χ0n) is 29.4. The maximum atomic E-state index is 15.4. The quantitative estimate of drug-likeness (QED) is 0.0326. The van der Waals surface area contributed by atoms with Gasteiger partial charge in [-0.25, -0.2) is 92.8 Å². The highest BCUT2D eigenvalue weighted by Crippen LogP contribution is 2.30. The highest BCUT2D eigenvalue weighted by Gasteiger charge is 2.52. The molecule has 0 saturated carbocycles. The van der Waals surface area contributed by atoms with E-state index in [-0.39, 0.29) is 5.78 Å². The van der Waals surface area contributed by atoms with Crippen LogP contribution in [0.4, 0.5) is 87.8 Å². The van der Waals surface area contributed by atoms with Crippen LogP contribution in [-0.4, -0.2) is 16.9 Å². The van der Waals surface area contributed by atoms with E-state index in [0.29, 0.717) is 12.3 Å². The van der Waals surface area contributed by atoms with Crippen molar-refractivity contribution in [1.29, 1.82) is 0 Å². The van der Waals surface area contributed by atoms with Crippen LogP contribution >= 0.6 is 12.6 Å². The molecule has 326 valence electrons. The molecular formula is C37H13BF20N2OS. The summed E-state index contributed by atoms with van der Waals surface area (Å²) in [6.07, 6.45) is -1.91. The van der Waals surface area contributed by atoms with E-state index in [9.17, 15) is 57.5 Å². The predicted molar refractivity (Wildman–Crippen MR) is 177 cm³/mol. The van der Waals surface area contributed by atoms with Crippen LogP contribution in [0.25, 0.3) is 0 Å². The summed E-state index contributed by atoms with van der Waals surface area (Å²) in [6.45, 7) is 0.327. The molecule has 0 atom stereocenters. The SMILES string of the molecule is Fc1c(F)c(F)c([B-](c2c(F)c(F)c(F)c(F)c2F)(c2c(F)c(F)c(F)c(F)c2F)c2c(F)c(F)c(F)c(F)c2F)c(F)c1F.O=C(C[n+]1ccnc(CS)c1)c1ccccc1. The van der Waals surface area contributed by atoms with Crippen molar-refractivity contribution in [1.82, 2.24) is 4.98 Å². The van der Waals surface area contributed by atoms with Gasteiger partial charge in [-0.2, -0.15) is 17.2 Å². The third-order valence-electron chi connectivity index (χ3n) is 9.10. The van der Waals surface area contributed by atoms with Gasteiger partial charge in [0, 0.05) is 11.3 Å². The van der Waals surface area contributed by atoms with Crippen LogP contribution in [0, 0.1) is 116 Å². The standard InChI is InChI=1S/C24BF20.C13H12N2OS/c26-5-1(6(27)14(35)21(42)13(5)34)25(2-7(28)15(36)22(43)16(37)8(2)29,3-9(30)17(38)23(44)18(39)10(3)31)4-11(32)19(40)24(45)20(41)12(4)33;16-13(11-4-2-1-3-5-11)9-15-7-6-14-12(8-15)10-17/h;1-8H,9-10H2/q-1;/p+1. The molecule has 0 aliphatic heterocycles. The minimum Gasteiger partial charge on any atom is -0.287 e. The van der Waals surface area contributed by atoms with Crippen molar-refractivity contribution >= 4 is 46.4 Å². The Bertz CT molecular complexity index is 2410. The van der Waals surface area contributed by atoms with Crippen LogP contribution in [0.3, 0.4) is 0 Å². The average molecular weight is 924 g/mol. The normalized spacial score (nSPS) is 11.5. The molecule has 25 heteroatoms. The molecule has 3 nitrogen and oxygen atoms in total. The van der Waals surface area contributed by atoms with E-state index in [2.05, 4.69) is 17.6 Å². The number of rotatable bonds is 8. The third kappa shape index (κ3) is 7.48. The summed E-state index contributed by atoms with van der Waals surface area (Å²) in [5, 5.41) is 0. The molecule has 0 fully saturated rings. The molecule has 0 amide bonds. The van der Waals surface area contributed by atoms with Crippen LogP contribution in [0.15, 0.2) is 48.9 Å². The zero-order chi connectivity index (χ0) is 46.4. The molecule has 1 heterocycles. The number of Topliss-reactive ketones (excluding diaryl/α,β-unsaturated/α-hetero) is 1. The maximum Gasteiger partial charge on any atom is 0.227 e. The van der Waals surface area contributed by atoms with Crippen LogP contribution in [-0.2, 0) is 12.3 Å². The summed E-state index contributed by atoms with van der Waals surface area (Å²) in [4.78, 5) is 16.1. The van der Waals surface area contributed by atoms with Crippen LogP contribution < -0.4 is 26.4 Å². The minimum absolute atomic E-state index is 0.0897. The van der Waals surface area contributed by atoms with Crippen molar-refractivity contribution in [3.05, 3.63) is 177 Å². The van der Waals surface area contributed by atoms with Gasteiger partial charge in [0.25, 0.3) is 0 Å². The number of benzene rings is 5. The number of hydrogen-bond donors (Lipinski definition) is 1. The summed E-state index contributed by atoms with van der Waals surface area (Å²) in [6, 6.07) is 9.27. The van der Waals surface area contributed by atoms with Gasteiger partial charge >= 0.3 is 0 Å². The van der Waals surface area contributed by atoms with Gasteiger partial charge in [0.2, 0.25) is 12.3 Å². The number of thiol groups is 1. The number of nitrogens with zero attached hydrogens (tertiary/aromatic N) is 2. The van der Waals surface area contributed by atoms with Gasteiger partial charge < -0.3 is 0 Å². The van der Waals surface area contributed by atoms with Crippen molar-refractivity contribution in [3.8, 4) is 0 Å². The van der Waals surface area contributed by atoms with Gasteiger partial charge in [-0.3, -0.25) is 4.79 Å². The van der Waals surface area contributed by atoms with Gasteiger partial charge in [-0.15, -0.1) is 21.9 Å². The lowest BCUT2D eigenvalue weighted by molar-refractivity contribution is -0.684. The first-order chi connectivity index (χ1) is 29.0. The largest absolute Gasteiger partial charge is 0.287 e. The van der Waals surface area contributed by atoms with Gasteiger partial charge in [-0.05, 0) is 0 Å². The molecule has 6 aromatic rings. The molecule has 5 aromatic carbocycles. The highest BCUT2D eigenvalue weighted by molar-refractivity contribution is 7.79. The number of ketones is 1. The first kappa shape index (κ1) is 46.9. The summed E-state index contributed by atoms with van der Waals surface area (Å²) < 4.78 is 296. The van der Waals surface area contributed by atoms with Gasteiger partial charge in [0.1, 0.15) is 58.4 Å². The van der Waals surface area contributed by atoms with Gasteiger partial charge in [0.15, 0.2) is 82.2 Å². The summed E-state index contributed by atoms with van der Waals surface area (Å²) in [5.41, 5.74) is -12.7. The fraction of sp³-hybridized carbons (Fsp3) is 0.0541. The van der Waals surface area contributed by atoms with E-state index in [1.165, 1.54) is 0 Å². The fourth-order valence-corrected chi connectivity index (χ4v) is 6.58.